The van der Waals surface area contributed by atoms with Crippen molar-refractivity contribution >= 4 is 5.90 Å². The van der Waals surface area contributed by atoms with Gasteiger partial charge in [-0.3, -0.25) is 4.99 Å². The Morgan fingerprint density at radius 3 is 2.71 bits per heavy atom. The van der Waals surface area contributed by atoms with Crippen molar-refractivity contribution in [3.05, 3.63) is 0 Å². The predicted molar refractivity (Wildman–Crippen MR) is 28.5 cm³/mol. The lowest BCUT2D eigenvalue weighted by atomic mass is 10.4. The molecule has 0 N–H and O–H groups in total. The zero-order valence-electron chi connectivity index (χ0n) is 4.64. The van der Waals surface area contributed by atoms with E-state index in [1.54, 1.807) is 0 Å². The Hall–Kier alpha value is -0.530. The molecule has 0 unspecified atom stereocenters. The predicted octanol–water partition coefficient (Wildman–Crippen LogP) is 0.824. The lowest BCUT2D eigenvalue weighted by Crippen LogP contribution is -2.04. The van der Waals surface area contributed by atoms with E-state index in [2.05, 4.69) is 4.99 Å². The first kappa shape index (κ1) is 4.62. The molecule has 1 atom stereocenters. The van der Waals surface area contributed by atoms with Crippen LogP contribution in [-0.4, -0.2) is 18.5 Å². The van der Waals surface area contributed by atoms with Gasteiger partial charge in [-0.25, -0.2) is 0 Å². The summed E-state index contributed by atoms with van der Waals surface area (Å²) in [6.45, 7) is 4.73. The number of rotatable bonds is 0. The van der Waals surface area contributed by atoms with Crippen molar-refractivity contribution in [1.82, 2.24) is 0 Å². The van der Waals surface area contributed by atoms with E-state index in [9.17, 15) is 0 Å². The lowest BCUT2D eigenvalue weighted by Gasteiger charge is -1.98. The van der Waals surface area contributed by atoms with Crippen molar-refractivity contribution in [3.8, 4) is 0 Å². The number of ether oxygens (including phenoxy) is 1. The van der Waals surface area contributed by atoms with Crippen molar-refractivity contribution in [2.24, 2.45) is 4.99 Å². The molecule has 0 aliphatic carbocycles. The highest BCUT2D eigenvalue weighted by atomic mass is 16.5. The van der Waals surface area contributed by atoms with E-state index in [1.165, 1.54) is 0 Å². The van der Waals surface area contributed by atoms with Crippen LogP contribution in [-0.2, 0) is 4.74 Å². The van der Waals surface area contributed by atoms with E-state index in [0.717, 1.165) is 12.4 Å². The third kappa shape index (κ3) is 0.918. The summed E-state index contributed by atoms with van der Waals surface area (Å²) in [4.78, 5) is 4.01. The van der Waals surface area contributed by atoms with Gasteiger partial charge in [0.25, 0.3) is 0 Å². The van der Waals surface area contributed by atoms with Gasteiger partial charge in [-0.05, 0) is 6.92 Å². The van der Waals surface area contributed by atoms with Crippen molar-refractivity contribution < 1.29 is 4.74 Å². The molecule has 0 saturated heterocycles. The summed E-state index contributed by atoms with van der Waals surface area (Å²) in [5.74, 6) is 0.826. The topological polar surface area (TPSA) is 21.6 Å². The molecule has 1 aliphatic rings. The maximum absolute atomic E-state index is 5.11. The van der Waals surface area contributed by atoms with Gasteiger partial charge in [0.1, 0.15) is 6.10 Å². The molecule has 2 heteroatoms. The van der Waals surface area contributed by atoms with Crippen LogP contribution in [0.2, 0.25) is 0 Å². The van der Waals surface area contributed by atoms with E-state index in [-0.39, 0.29) is 0 Å². The van der Waals surface area contributed by atoms with Crippen LogP contribution >= 0.6 is 0 Å². The first-order chi connectivity index (χ1) is 3.29. The second-order valence-electron chi connectivity index (χ2n) is 1.79. The molecule has 0 aromatic rings. The lowest BCUT2D eigenvalue weighted by molar-refractivity contribution is 0.244. The Morgan fingerprint density at radius 2 is 2.57 bits per heavy atom. The van der Waals surface area contributed by atoms with Gasteiger partial charge in [0.2, 0.25) is 0 Å². The van der Waals surface area contributed by atoms with Crippen molar-refractivity contribution in [2.45, 2.75) is 20.0 Å². The maximum Gasteiger partial charge on any atom is 0.180 e. The smallest absolute Gasteiger partial charge is 0.180 e. The Bertz CT molecular complexity index is 98.3. The number of aliphatic imine (C=N–C) groups is 1. The van der Waals surface area contributed by atoms with Crippen LogP contribution in [0.1, 0.15) is 13.8 Å². The molecular weight excluding hydrogens is 90.1 g/mol. The average molecular weight is 99.1 g/mol. The molecule has 0 bridgehead atoms. The van der Waals surface area contributed by atoms with Crippen molar-refractivity contribution in [2.75, 3.05) is 6.54 Å². The molecular formula is C5H9NO. The molecule has 40 valence electrons. The zero-order chi connectivity index (χ0) is 5.28. The van der Waals surface area contributed by atoms with Crippen LogP contribution in [0.25, 0.3) is 0 Å². The highest BCUT2D eigenvalue weighted by Gasteiger charge is 2.08. The van der Waals surface area contributed by atoms with Gasteiger partial charge < -0.3 is 4.74 Å². The Kier molecular flexibility index (Phi) is 1.01. The minimum absolute atomic E-state index is 0.319. The van der Waals surface area contributed by atoms with Crippen LogP contribution in [0.5, 0.6) is 0 Å². The molecule has 1 aliphatic heterocycles. The molecule has 0 aromatic carbocycles. The van der Waals surface area contributed by atoms with E-state index in [4.69, 9.17) is 4.74 Å². The summed E-state index contributed by atoms with van der Waals surface area (Å²) in [6.07, 6.45) is 0.319. The average Bonchev–Trinajstić information content (AvgIpc) is 1.87. The number of hydrogen-bond acceptors (Lipinski definition) is 2. The molecule has 2 nitrogen and oxygen atoms in total. The first-order valence-corrected chi connectivity index (χ1v) is 2.47. The summed E-state index contributed by atoms with van der Waals surface area (Å²) in [5, 5.41) is 0. The largest absolute Gasteiger partial charge is 0.476 e. The molecule has 7 heavy (non-hydrogen) atoms. The molecule has 1 rings (SSSR count). The Morgan fingerprint density at radius 1 is 1.86 bits per heavy atom. The minimum atomic E-state index is 0.319. The highest BCUT2D eigenvalue weighted by Crippen LogP contribution is 2.00. The maximum atomic E-state index is 5.11. The van der Waals surface area contributed by atoms with Gasteiger partial charge in [-0.1, -0.05) is 0 Å². The molecule has 0 amide bonds. The quantitative estimate of drug-likeness (QED) is 0.440. The second-order valence-corrected chi connectivity index (χ2v) is 1.79. The van der Waals surface area contributed by atoms with E-state index < -0.39 is 0 Å². The van der Waals surface area contributed by atoms with Crippen LogP contribution in [0.4, 0.5) is 0 Å². The van der Waals surface area contributed by atoms with Crippen molar-refractivity contribution in [3.63, 3.8) is 0 Å². The Labute approximate surface area is 43.2 Å². The van der Waals surface area contributed by atoms with Crippen LogP contribution in [0.15, 0.2) is 4.99 Å². The van der Waals surface area contributed by atoms with E-state index in [0.29, 0.717) is 6.10 Å². The summed E-state index contributed by atoms with van der Waals surface area (Å²) >= 11 is 0. The monoisotopic (exact) mass is 99.1 g/mol. The molecule has 0 radical (unpaired) electrons. The Balaban J connectivity index is 2.42. The molecule has 0 fully saturated rings. The summed E-state index contributed by atoms with van der Waals surface area (Å²) < 4.78 is 5.11. The van der Waals surface area contributed by atoms with Crippen LogP contribution < -0.4 is 0 Å². The van der Waals surface area contributed by atoms with Gasteiger partial charge in [-0.2, -0.15) is 0 Å². The fourth-order valence-electron chi connectivity index (χ4n) is 0.623. The summed E-state index contributed by atoms with van der Waals surface area (Å²) in [6, 6.07) is 0. The van der Waals surface area contributed by atoms with Crippen molar-refractivity contribution in [1.29, 1.82) is 0 Å². The van der Waals surface area contributed by atoms with Gasteiger partial charge in [0.05, 0.1) is 6.54 Å². The molecule has 1 heterocycles. The van der Waals surface area contributed by atoms with Gasteiger partial charge >= 0.3 is 0 Å². The van der Waals surface area contributed by atoms with E-state index in [1.807, 2.05) is 13.8 Å². The first-order valence-electron chi connectivity index (χ1n) is 2.47. The summed E-state index contributed by atoms with van der Waals surface area (Å²) in [5.41, 5.74) is 0. The van der Waals surface area contributed by atoms with Gasteiger partial charge in [0.15, 0.2) is 5.90 Å². The zero-order valence-corrected chi connectivity index (χ0v) is 4.64. The SMILES string of the molecule is CC1=NC[C@@H](C)O1. The van der Waals surface area contributed by atoms with E-state index >= 15 is 0 Å². The van der Waals surface area contributed by atoms with Gasteiger partial charge in [-0.15, -0.1) is 0 Å². The molecule has 0 saturated carbocycles. The van der Waals surface area contributed by atoms with Crippen LogP contribution in [0.3, 0.4) is 0 Å². The van der Waals surface area contributed by atoms with Crippen LogP contribution in [0, 0.1) is 0 Å². The van der Waals surface area contributed by atoms with Gasteiger partial charge in [0, 0.05) is 6.92 Å². The fourth-order valence-corrected chi connectivity index (χ4v) is 0.623. The number of hydrogen-bond donors (Lipinski definition) is 0. The third-order valence-corrected chi connectivity index (χ3v) is 0.943. The number of nitrogens with zero attached hydrogens (tertiary/aromatic N) is 1. The summed E-state index contributed by atoms with van der Waals surface area (Å²) in [7, 11) is 0. The standard InChI is InChI=1S/C5H9NO/c1-4-3-6-5(2)7-4/h4H,3H2,1-2H3/t4-/m1/s1. The third-order valence-electron chi connectivity index (χ3n) is 0.943. The second kappa shape index (κ2) is 1.52. The molecule has 0 spiro atoms. The fraction of sp³-hybridized carbons (Fsp3) is 0.800. The normalized spacial score (nSPS) is 29.4. The molecule has 0 aromatic heterocycles. The highest BCUT2D eigenvalue weighted by molar-refractivity contribution is 5.74. The minimum Gasteiger partial charge on any atom is -0.476 e.